The molecule has 1 amide bonds. The average Bonchev–Trinajstić information content (AvgIpc) is 2.30. The molecule has 1 aromatic carbocycles. The van der Waals surface area contributed by atoms with Crippen LogP contribution in [0.5, 0.6) is 0 Å². The van der Waals surface area contributed by atoms with E-state index in [0.717, 1.165) is 6.54 Å². The summed E-state index contributed by atoms with van der Waals surface area (Å²) in [6.45, 7) is 5.35. The van der Waals surface area contributed by atoms with Crippen molar-refractivity contribution in [3.05, 3.63) is 34.1 Å². The summed E-state index contributed by atoms with van der Waals surface area (Å²) >= 11 is 3.04. The molecule has 17 heavy (non-hydrogen) atoms. The molecule has 0 bridgehead atoms. The zero-order valence-corrected chi connectivity index (χ0v) is 11.5. The second kappa shape index (κ2) is 6.71. The number of halogens is 2. The van der Waals surface area contributed by atoms with Crippen molar-refractivity contribution >= 4 is 21.8 Å². The van der Waals surface area contributed by atoms with Gasteiger partial charge >= 0.3 is 0 Å². The van der Waals surface area contributed by atoms with Crippen molar-refractivity contribution in [3.63, 3.8) is 0 Å². The Bertz CT molecular complexity index is 398. The van der Waals surface area contributed by atoms with Gasteiger partial charge in [-0.1, -0.05) is 6.92 Å². The van der Waals surface area contributed by atoms with E-state index < -0.39 is 5.82 Å². The number of benzene rings is 1. The minimum atomic E-state index is -0.433. The number of likely N-dealkylation sites (N-methyl/N-ethyl adjacent to an activating group) is 1. The molecule has 1 atom stereocenters. The summed E-state index contributed by atoms with van der Waals surface area (Å²) in [6.07, 6.45) is 0. The molecular weight excluding hydrogens is 287 g/mol. The van der Waals surface area contributed by atoms with E-state index >= 15 is 0 Å². The van der Waals surface area contributed by atoms with E-state index in [9.17, 15) is 9.18 Å². The van der Waals surface area contributed by atoms with Gasteiger partial charge in [0, 0.05) is 18.2 Å². The molecule has 5 heteroatoms. The van der Waals surface area contributed by atoms with Gasteiger partial charge in [-0.25, -0.2) is 4.39 Å². The molecule has 0 aliphatic heterocycles. The van der Waals surface area contributed by atoms with E-state index in [-0.39, 0.29) is 11.9 Å². The molecular formula is C12H16BrFN2O. The van der Waals surface area contributed by atoms with E-state index in [1.165, 1.54) is 12.1 Å². The van der Waals surface area contributed by atoms with E-state index in [1.54, 1.807) is 6.07 Å². The molecule has 2 N–H and O–H groups in total. The van der Waals surface area contributed by atoms with Crippen LogP contribution >= 0.6 is 15.9 Å². The van der Waals surface area contributed by atoms with Crippen molar-refractivity contribution in [2.75, 3.05) is 13.1 Å². The van der Waals surface area contributed by atoms with Crippen LogP contribution in [0.25, 0.3) is 0 Å². The Labute approximate surface area is 109 Å². The second-order valence-electron chi connectivity index (χ2n) is 3.80. The van der Waals surface area contributed by atoms with Gasteiger partial charge in [0.15, 0.2) is 0 Å². The van der Waals surface area contributed by atoms with Crippen molar-refractivity contribution in [2.24, 2.45) is 0 Å². The highest BCUT2D eigenvalue weighted by molar-refractivity contribution is 9.10. The fourth-order valence-corrected chi connectivity index (χ4v) is 1.65. The molecule has 0 saturated heterocycles. The molecule has 94 valence electrons. The first-order chi connectivity index (χ1) is 8.04. The van der Waals surface area contributed by atoms with E-state index in [1.807, 2.05) is 13.8 Å². The Morgan fingerprint density at radius 3 is 2.82 bits per heavy atom. The minimum Gasteiger partial charge on any atom is -0.350 e. The average molecular weight is 303 g/mol. The van der Waals surface area contributed by atoms with Crippen LogP contribution in [0.2, 0.25) is 0 Å². The largest absolute Gasteiger partial charge is 0.350 e. The topological polar surface area (TPSA) is 41.1 Å². The predicted molar refractivity (Wildman–Crippen MR) is 69.6 cm³/mol. The fraction of sp³-hybridized carbons (Fsp3) is 0.417. The SMILES string of the molecule is CCN[C@H](C)CNC(=O)c1ccc(Br)c(F)c1. The molecule has 0 radical (unpaired) electrons. The Morgan fingerprint density at radius 2 is 2.24 bits per heavy atom. The second-order valence-corrected chi connectivity index (χ2v) is 4.65. The third-order valence-electron chi connectivity index (χ3n) is 2.30. The first-order valence-corrected chi connectivity index (χ1v) is 6.30. The first-order valence-electron chi connectivity index (χ1n) is 5.51. The lowest BCUT2D eigenvalue weighted by atomic mass is 10.2. The number of carbonyl (C=O) groups is 1. The van der Waals surface area contributed by atoms with Crippen molar-refractivity contribution < 1.29 is 9.18 Å². The van der Waals surface area contributed by atoms with Crippen LogP contribution in [0.15, 0.2) is 22.7 Å². The van der Waals surface area contributed by atoms with Crippen molar-refractivity contribution in [1.29, 1.82) is 0 Å². The number of hydrogen-bond acceptors (Lipinski definition) is 2. The van der Waals surface area contributed by atoms with Crippen LogP contribution in [0.3, 0.4) is 0 Å². The molecule has 3 nitrogen and oxygen atoms in total. The zero-order chi connectivity index (χ0) is 12.8. The lowest BCUT2D eigenvalue weighted by Gasteiger charge is -2.13. The summed E-state index contributed by atoms with van der Waals surface area (Å²) in [6, 6.07) is 4.53. The number of rotatable bonds is 5. The lowest BCUT2D eigenvalue weighted by molar-refractivity contribution is 0.0950. The van der Waals surface area contributed by atoms with Gasteiger partial charge < -0.3 is 10.6 Å². The molecule has 0 aliphatic rings. The standard InChI is InChI=1S/C12H16BrFN2O/c1-3-15-8(2)7-16-12(17)9-4-5-10(13)11(14)6-9/h4-6,8,15H,3,7H2,1-2H3,(H,16,17)/t8-/m1/s1. The predicted octanol–water partition coefficient (Wildman–Crippen LogP) is 2.32. The summed E-state index contributed by atoms with van der Waals surface area (Å²) < 4.78 is 13.6. The molecule has 0 aliphatic carbocycles. The number of carbonyl (C=O) groups excluding carboxylic acids is 1. The van der Waals surface area contributed by atoms with E-state index in [4.69, 9.17) is 0 Å². The monoisotopic (exact) mass is 302 g/mol. The highest BCUT2D eigenvalue weighted by Crippen LogP contribution is 2.16. The summed E-state index contributed by atoms with van der Waals surface area (Å²) in [7, 11) is 0. The molecule has 1 rings (SSSR count). The normalized spacial score (nSPS) is 12.2. The van der Waals surface area contributed by atoms with Gasteiger partial charge in [0.05, 0.1) is 4.47 Å². The maximum absolute atomic E-state index is 13.2. The number of nitrogens with one attached hydrogen (secondary N) is 2. The van der Waals surface area contributed by atoms with Crippen molar-refractivity contribution in [1.82, 2.24) is 10.6 Å². The third-order valence-corrected chi connectivity index (χ3v) is 2.95. The van der Waals surface area contributed by atoms with Crippen LogP contribution in [0.1, 0.15) is 24.2 Å². The van der Waals surface area contributed by atoms with Gasteiger partial charge in [-0.15, -0.1) is 0 Å². The highest BCUT2D eigenvalue weighted by Gasteiger charge is 2.09. The van der Waals surface area contributed by atoms with E-state index in [0.29, 0.717) is 16.6 Å². The third kappa shape index (κ3) is 4.44. The van der Waals surface area contributed by atoms with Gasteiger partial charge in [0.1, 0.15) is 5.82 Å². The molecule has 0 aromatic heterocycles. The molecule has 0 unspecified atom stereocenters. The van der Waals surface area contributed by atoms with Crippen LogP contribution in [0, 0.1) is 5.82 Å². The molecule has 0 spiro atoms. The van der Waals surface area contributed by atoms with Crippen LogP contribution in [-0.4, -0.2) is 25.0 Å². The van der Waals surface area contributed by atoms with Gasteiger partial charge in [0.25, 0.3) is 5.91 Å². The maximum atomic E-state index is 13.2. The molecule has 0 saturated carbocycles. The van der Waals surface area contributed by atoms with Crippen molar-refractivity contribution in [3.8, 4) is 0 Å². The van der Waals surface area contributed by atoms with Gasteiger partial charge in [-0.05, 0) is 47.6 Å². The fourth-order valence-electron chi connectivity index (χ4n) is 1.41. The van der Waals surface area contributed by atoms with Gasteiger partial charge in [0.2, 0.25) is 0 Å². The summed E-state index contributed by atoms with van der Waals surface area (Å²) in [5, 5.41) is 5.92. The van der Waals surface area contributed by atoms with Crippen LogP contribution in [-0.2, 0) is 0 Å². The Kier molecular flexibility index (Phi) is 5.58. The number of amides is 1. The zero-order valence-electron chi connectivity index (χ0n) is 9.89. The summed E-state index contributed by atoms with van der Waals surface area (Å²) in [5.41, 5.74) is 0.328. The summed E-state index contributed by atoms with van der Waals surface area (Å²) in [4.78, 5) is 11.7. The van der Waals surface area contributed by atoms with Gasteiger partial charge in [-0.2, -0.15) is 0 Å². The lowest BCUT2D eigenvalue weighted by Crippen LogP contribution is -2.38. The molecule has 0 fully saturated rings. The molecule has 0 heterocycles. The van der Waals surface area contributed by atoms with Crippen LogP contribution < -0.4 is 10.6 Å². The Morgan fingerprint density at radius 1 is 1.53 bits per heavy atom. The van der Waals surface area contributed by atoms with Gasteiger partial charge in [-0.3, -0.25) is 4.79 Å². The van der Waals surface area contributed by atoms with Crippen molar-refractivity contribution in [2.45, 2.75) is 19.9 Å². The first kappa shape index (κ1) is 14.1. The molecule has 1 aromatic rings. The summed E-state index contributed by atoms with van der Waals surface area (Å²) in [5.74, 6) is -0.696. The Balaban J connectivity index is 2.55. The maximum Gasteiger partial charge on any atom is 0.251 e. The highest BCUT2D eigenvalue weighted by atomic mass is 79.9. The van der Waals surface area contributed by atoms with Crippen LogP contribution in [0.4, 0.5) is 4.39 Å². The smallest absolute Gasteiger partial charge is 0.251 e. The van der Waals surface area contributed by atoms with E-state index in [2.05, 4.69) is 26.6 Å². The quantitative estimate of drug-likeness (QED) is 0.876. The number of hydrogen-bond donors (Lipinski definition) is 2. The minimum absolute atomic E-state index is 0.198. The Hall–Kier alpha value is -0.940.